The van der Waals surface area contributed by atoms with Gasteiger partial charge in [-0.2, -0.15) is 0 Å². The Morgan fingerprint density at radius 3 is 2.23 bits per heavy atom. The summed E-state index contributed by atoms with van der Waals surface area (Å²) in [5, 5.41) is 15.3. The highest BCUT2D eigenvalue weighted by molar-refractivity contribution is 5.76. The first-order valence-corrected chi connectivity index (χ1v) is 9.28. The number of carbonyl (C=O) groups excluding carboxylic acids is 2. The van der Waals surface area contributed by atoms with Crippen LogP contribution in [-0.4, -0.2) is 35.8 Å². The lowest BCUT2D eigenvalue weighted by molar-refractivity contribution is -0.121. The number of phenolic OH excluding ortho intramolecular Hbond substituents is 1. The van der Waals surface area contributed by atoms with E-state index in [-0.39, 0.29) is 17.7 Å². The minimum absolute atomic E-state index is 0.000143. The number of alkyl carbamates (subject to hydrolysis) is 1. The second-order valence-electron chi connectivity index (χ2n) is 7.32. The van der Waals surface area contributed by atoms with E-state index in [0.717, 1.165) is 31.2 Å². The average Bonchev–Trinajstić information content (AvgIpc) is 2.55. The molecule has 0 fully saturated rings. The highest BCUT2D eigenvalue weighted by atomic mass is 16.6. The van der Waals surface area contributed by atoms with Gasteiger partial charge in [-0.3, -0.25) is 4.79 Å². The second kappa shape index (κ2) is 11.4. The van der Waals surface area contributed by atoms with Gasteiger partial charge >= 0.3 is 6.09 Å². The molecule has 0 radical (unpaired) electrons. The third kappa shape index (κ3) is 10.6. The lowest BCUT2D eigenvalue weighted by Gasteiger charge is -2.19. The summed E-state index contributed by atoms with van der Waals surface area (Å²) in [4.78, 5) is 23.3. The van der Waals surface area contributed by atoms with E-state index < -0.39 is 5.60 Å². The fourth-order valence-electron chi connectivity index (χ4n) is 2.39. The summed E-state index contributed by atoms with van der Waals surface area (Å²) in [6, 6.07) is 7.07. The molecule has 0 aromatic heterocycles. The fraction of sp³-hybridized carbons (Fsp3) is 0.600. The Morgan fingerprint density at radius 2 is 1.62 bits per heavy atom. The zero-order chi connectivity index (χ0) is 19.4. The number of aromatic hydroxyl groups is 1. The lowest BCUT2D eigenvalue weighted by atomic mass is 10.1. The first kappa shape index (κ1) is 21.8. The molecule has 0 spiro atoms. The van der Waals surface area contributed by atoms with Crippen LogP contribution >= 0.6 is 0 Å². The Bertz CT molecular complexity index is 567. The highest BCUT2D eigenvalue weighted by Crippen LogP contribution is 2.17. The molecule has 0 atom stereocenters. The van der Waals surface area contributed by atoms with E-state index in [9.17, 15) is 14.7 Å². The van der Waals surface area contributed by atoms with Crippen molar-refractivity contribution in [2.24, 2.45) is 0 Å². The number of carbonyl (C=O) groups is 2. The predicted octanol–water partition coefficient (Wildman–Crippen LogP) is 3.53. The van der Waals surface area contributed by atoms with Crippen LogP contribution in [0.3, 0.4) is 0 Å². The summed E-state index contributed by atoms with van der Waals surface area (Å²) in [7, 11) is 0. The Balaban J connectivity index is 1.98. The van der Waals surface area contributed by atoms with Gasteiger partial charge in [0.15, 0.2) is 0 Å². The van der Waals surface area contributed by atoms with Crippen molar-refractivity contribution < 1.29 is 19.4 Å². The van der Waals surface area contributed by atoms with Crippen LogP contribution in [0.1, 0.15) is 58.4 Å². The van der Waals surface area contributed by atoms with E-state index >= 15 is 0 Å². The van der Waals surface area contributed by atoms with Crippen LogP contribution in [0, 0.1) is 0 Å². The molecule has 0 unspecified atom stereocenters. The maximum absolute atomic E-state index is 11.8. The third-order valence-corrected chi connectivity index (χ3v) is 3.71. The van der Waals surface area contributed by atoms with E-state index in [2.05, 4.69) is 10.6 Å². The van der Waals surface area contributed by atoms with Gasteiger partial charge in [-0.25, -0.2) is 4.79 Å². The number of aryl methyl sites for hydroxylation is 1. The minimum Gasteiger partial charge on any atom is -0.508 e. The molecule has 1 aromatic rings. The van der Waals surface area contributed by atoms with Crippen LogP contribution in [0.25, 0.3) is 0 Å². The van der Waals surface area contributed by atoms with Gasteiger partial charge in [0, 0.05) is 19.5 Å². The molecule has 2 amide bonds. The normalized spacial score (nSPS) is 11.0. The van der Waals surface area contributed by atoms with Gasteiger partial charge in [0.05, 0.1) is 0 Å². The number of phenols is 1. The molecule has 0 bridgehead atoms. The van der Waals surface area contributed by atoms with Crippen molar-refractivity contribution >= 4 is 12.0 Å². The van der Waals surface area contributed by atoms with Gasteiger partial charge in [-0.15, -0.1) is 0 Å². The largest absolute Gasteiger partial charge is 0.508 e. The molecule has 6 heteroatoms. The summed E-state index contributed by atoms with van der Waals surface area (Å²) in [6.07, 6.45) is 4.31. The molecule has 0 saturated heterocycles. The molecule has 1 rings (SSSR count). The molecule has 26 heavy (non-hydrogen) atoms. The minimum atomic E-state index is -0.471. The number of unbranched alkanes of at least 4 members (excludes halogenated alkanes) is 3. The quantitative estimate of drug-likeness (QED) is 0.554. The molecular formula is C20H32N2O4. The number of amides is 2. The number of para-hydroxylation sites is 1. The van der Waals surface area contributed by atoms with Gasteiger partial charge in [-0.1, -0.05) is 31.0 Å². The Labute approximate surface area is 156 Å². The molecule has 3 N–H and O–H groups in total. The molecule has 146 valence electrons. The lowest BCUT2D eigenvalue weighted by Crippen LogP contribution is -2.33. The maximum atomic E-state index is 11.8. The Kier molecular flexibility index (Phi) is 9.55. The highest BCUT2D eigenvalue weighted by Gasteiger charge is 2.15. The van der Waals surface area contributed by atoms with Gasteiger partial charge in [0.25, 0.3) is 0 Å². The zero-order valence-electron chi connectivity index (χ0n) is 16.1. The predicted molar refractivity (Wildman–Crippen MR) is 102 cm³/mol. The van der Waals surface area contributed by atoms with E-state index in [0.29, 0.717) is 25.9 Å². The molecule has 0 heterocycles. The van der Waals surface area contributed by atoms with Crippen LogP contribution in [0.2, 0.25) is 0 Å². The number of nitrogens with one attached hydrogen (secondary N) is 2. The van der Waals surface area contributed by atoms with Crippen molar-refractivity contribution in [3.63, 3.8) is 0 Å². The summed E-state index contributed by atoms with van der Waals surface area (Å²) in [5.41, 5.74) is 0.321. The molecule has 0 saturated carbocycles. The van der Waals surface area contributed by atoms with Crippen LogP contribution in [0.5, 0.6) is 5.75 Å². The van der Waals surface area contributed by atoms with Crippen molar-refractivity contribution in [1.29, 1.82) is 0 Å². The summed E-state index contributed by atoms with van der Waals surface area (Å²) in [5.74, 6) is 0.236. The van der Waals surface area contributed by atoms with E-state index in [1.807, 2.05) is 32.9 Å². The van der Waals surface area contributed by atoms with Crippen molar-refractivity contribution in [2.45, 2.75) is 64.9 Å². The third-order valence-electron chi connectivity index (χ3n) is 3.71. The van der Waals surface area contributed by atoms with Crippen LogP contribution in [0.15, 0.2) is 24.3 Å². The van der Waals surface area contributed by atoms with Crippen LogP contribution < -0.4 is 10.6 Å². The number of benzene rings is 1. The van der Waals surface area contributed by atoms with E-state index in [4.69, 9.17) is 4.74 Å². The first-order chi connectivity index (χ1) is 12.3. The van der Waals surface area contributed by atoms with E-state index in [1.165, 1.54) is 0 Å². The van der Waals surface area contributed by atoms with Crippen LogP contribution in [0.4, 0.5) is 4.79 Å². The smallest absolute Gasteiger partial charge is 0.407 e. The Morgan fingerprint density at radius 1 is 1.00 bits per heavy atom. The van der Waals surface area contributed by atoms with Crippen LogP contribution in [-0.2, 0) is 16.0 Å². The molecule has 0 aliphatic heterocycles. The zero-order valence-corrected chi connectivity index (χ0v) is 16.1. The molecular weight excluding hydrogens is 332 g/mol. The van der Waals surface area contributed by atoms with E-state index in [1.54, 1.807) is 12.1 Å². The molecule has 1 aromatic carbocycles. The molecule has 0 aliphatic carbocycles. The number of ether oxygens (including phenoxy) is 1. The van der Waals surface area contributed by atoms with Gasteiger partial charge < -0.3 is 20.5 Å². The van der Waals surface area contributed by atoms with Crippen molar-refractivity contribution in [3.05, 3.63) is 29.8 Å². The van der Waals surface area contributed by atoms with Gasteiger partial charge in [-0.05, 0) is 51.7 Å². The SMILES string of the molecule is CC(C)(C)OC(=O)NCCCCCCNC(=O)CCc1ccccc1O. The molecule has 0 aliphatic rings. The van der Waals surface area contributed by atoms with Crippen molar-refractivity contribution in [1.82, 2.24) is 10.6 Å². The molecule has 6 nitrogen and oxygen atoms in total. The summed E-state index contributed by atoms with van der Waals surface area (Å²) in [6.45, 7) is 6.76. The van der Waals surface area contributed by atoms with Crippen molar-refractivity contribution in [2.75, 3.05) is 13.1 Å². The number of hydrogen-bond donors (Lipinski definition) is 3. The van der Waals surface area contributed by atoms with Gasteiger partial charge in [0.1, 0.15) is 11.4 Å². The maximum Gasteiger partial charge on any atom is 0.407 e. The summed E-state index contributed by atoms with van der Waals surface area (Å²) < 4.78 is 5.16. The van der Waals surface area contributed by atoms with Crippen molar-refractivity contribution in [3.8, 4) is 5.75 Å². The monoisotopic (exact) mass is 364 g/mol. The average molecular weight is 364 g/mol. The fourth-order valence-corrected chi connectivity index (χ4v) is 2.39. The Hall–Kier alpha value is -2.24. The standard InChI is InChI=1S/C20H32N2O4/c1-20(2,3)26-19(25)22-15-9-5-4-8-14-21-18(24)13-12-16-10-6-7-11-17(16)23/h6-7,10-11,23H,4-5,8-9,12-15H2,1-3H3,(H,21,24)(H,22,25). The topological polar surface area (TPSA) is 87.7 Å². The van der Waals surface area contributed by atoms with Gasteiger partial charge in [0.2, 0.25) is 5.91 Å². The number of hydrogen-bond acceptors (Lipinski definition) is 4. The summed E-state index contributed by atoms with van der Waals surface area (Å²) >= 11 is 0. The second-order valence-corrected chi connectivity index (χ2v) is 7.32. The number of rotatable bonds is 10. The first-order valence-electron chi connectivity index (χ1n) is 9.28.